The fraction of sp³-hybridized carbons (Fsp3) is 0.463. The van der Waals surface area contributed by atoms with Gasteiger partial charge in [0.15, 0.2) is 12.2 Å². The van der Waals surface area contributed by atoms with Crippen LogP contribution < -0.4 is 0 Å². The fourth-order valence-corrected chi connectivity index (χ4v) is 6.12. The highest BCUT2D eigenvalue weighted by Crippen LogP contribution is 2.41. The van der Waals surface area contributed by atoms with Gasteiger partial charge in [-0.25, -0.2) is 0 Å². The second-order valence-electron chi connectivity index (χ2n) is 12.5. The number of ether oxygens (including phenoxy) is 6. The molecule has 1 aliphatic rings. The maximum absolute atomic E-state index is 13.2. The monoisotopic (exact) mass is 702 g/mol. The van der Waals surface area contributed by atoms with Crippen molar-refractivity contribution < 1.29 is 47.6 Å². The molecule has 274 valence electrons. The van der Waals surface area contributed by atoms with Crippen molar-refractivity contribution in [3.63, 3.8) is 0 Å². The Bertz CT molecular complexity index is 1430. The van der Waals surface area contributed by atoms with E-state index >= 15 is 0 Å². The van der Waals surface area contributed by atoms with E-state index < -0.39 is 60.2 Å². The quantitative estimate of drug-likeness (QED) is 0.0764. The van der Waals surface area contributed by atoms with Crippen LogP contribution in [0, 0.1) is 0 Å². The van der Waals surface area contributed by atoms with Crippen LogP contribution in [0.3, 0.4) is 0 Å². The van der Waals surface area contributed by atoms with Crippen LogP contribution in [-0.2, 0) is 53.2 Å². The highest BCUT2D eigenvalue weighted by atomic mass is 16.7. The van der Waals surface area contributed by atoms with Crippen LogP contribution in [0.15, 0.2) is 91.0 Å². The second-order valence-corrected chi connectivity index (χ2v) is 12.5. The van der Waals surface area contributed by atoms with Crippen LogP contribution in [-0.4, -0.2) is 61.2 Å². The summed E-state index contributed by atoms with van der Waals surface area (Å²) in [5.74, 6) is -2.36. The van der Waals surface area contributed by atoms with Crippen molar-refractivity contribution in [1.29, 1.82) is 0 Å². The van der Waals surface area contributed by atoms with Gasteiger partial charge >= 0.3 is 23.9 Å². The van der Waals surface area contributed by atoms with E-state index in [9.17, 15) is 19.2 Å². The molecule has 0 amide bonds. The van der Waals surface area contributed by atoms with E-state index in [0.29, 0.717) is 25.7 Å². The Labute approximate surface area is 300 Å². The third kappa shape index (κ3) is 10.3. The minimum absolute atomic E-state index is 0.0579. The molecule has 0 bridgehead atoms. The topological polar surface area (TPSA) is 124 Å². The summed E-state index contributed by atoms with van der Waals surface area (Å²) in [6, 6.07) is 29.1. The second kappa shape index (κ2) is 19.7. The molecule has 10 heteroatoms. The third-order valence-corrected chi connectivity index (χ3v) is 8.46. The van der Waals surface area contributed by atoms with E-state index in [0.717, 1.165) is 16.7 Å². The standard InChI is InChI=1S/C41H50O10/c1-5-18-33(42)48-37-32(47-40(51-36(45)21-8-4)39(50-35(44)20-7-3)38(37)49-34(43)19-6-2)28-46-41(29-22-12-9-13-23-29,30-24-14-10-15-25-30)31-26-16-11-17-27-31/h9-17,22-27,32,37-40H,5-8,18-21,28H2,1-4H3/t32-,37-,38+,39-,40?/m1/s1. The summed E-state index contributed by atoms with van der Waals surface area (Å²) in [5.41, 5.74) is 1.28. The molecule has 1 saturated heterocycles. The molecule has 0 spiro atoms. The zero-order valence-electron chi connectivity index (χ0n) is 30.0. The number of hydrogen-bond acceptors (Lipinski definition) is 10. The summed E-state index contributed by atoms with van der Waals surface area (Å²) in [6.45, 7) is 7.09. The van der Waals surface area contributed by atoms with Gasteiger partial charge in [0.1, 0.15) is 11.7 Å². The molecule has 3 aromatic rings. The molecule has 1 aliphatic heterocycles. The summed E-state index contributed by atoms with van der Waals surface area (Å²) in [5, 5.41) is 0. The minimum Gasteiger partial charge on any atom is -0.455 e. The highest BCUT2D eigenvalue weighted by Gasteiger charge is 2.54. The first kappa shape index (κ1) is 39.2. The molecule has 0 N–H and O–H groups in total. The molecule has 10 nitrogen and oxygen atoms in total. The Kier molecular flexibility index (Phi) is 15.2. The van der Waals surface area contributed by atoms with Gasteiger partial charge in [-0.3, -0.25) is 19.2 Å². The van der Waals surface area contributed by atoms with E-state index in [2.05, 4.69) is 0 Å². The summed E-state index contributed by atoms with van der Waals surface area (Å²) in [7, 11) is 0. The van der Waals surface area contributed by atoms with E-state index in [4.69, 9.17) is 28.4 Å². The highest BCUT2D eigenvalue weighted by molar-refractivity contribution is 5.72. The van der Waals surface area contributed by atoms with E-state index in [-0.39, 0.29) is 32.3 Å². The SMILES string of the molecule is CCCC(=O)OC1O[C@H](COC(c2ccccc2)(c2ccccc2)c2ccccc2)[C@@H](OC(=O)CCC)[C@H](OC(=O)CCC)[C@H]1OC(=O)CCC. The Morgan fingerprint density at radius 3 is 1.25 bits per heavy atom. The summed E-state index contributed by atoms with van der Waals surface area (Å²) >= 11 is 0. The Hall–Kier alpha value is -4.54. The van der Waals surface area contributed by atoms with Gasteiger partial charge < -0.3 is 28.4 Å². The lowest BCUT2D eigenvalue weighted by Crippen LogP contribution is -2.63. The fourth-order valence-electron chi connectivity index (χ4n) is 6.12. The molecule has 5 atom stereocenters. The lowest BCUT2D eigenvalue weighted by Gasteiger charge is -2.45. The van der Waals surface area contributed by atoms with Gasteiger partial charge in [-0.1, -0.05) is 119 Å². The predicted octanol–water partition coefficient (Wildman–Crippen LogP) is 7.20. The minimum atomic E-state index is -1.49. The largest absolute Gasteiger partial charge is 0.455 e. The van der Waals surface area contributed by atoms with Crippen LogP contribution >= 0.6 is 0 Å². The molecule has 0 radical (unpaired) electrons. The van der Waals surface area contributed by atoms with Gasteiger partial charge in [-0.15, -0.1) is 0 Å². The molecule has 4 rings (SSSR count). The van der Waals surface area contributed by atoms with Crippen molar-refractivity contribution in [1.82, 2.24) is 0 Å². The molecule has 0 aliphatic carbocycles. The predicted molar refractivity (Wildman–Crippen MR) is 189 cm³/mol. The molecule has 51 heavy (non-hydrogen) atoms. The van der Waals surface area contributed by atoms with Gasteiger partial charge in [0.05, 0.1) is 6.61 Å². The van der Waals surface area contributed by atoms with Crippen LogP contribution in [0.2, 0.25) is 0 Å². The maximum Gasteiger partial charge on any atom is 0.308 e. The summed E-state index contributed by atoms with van der Waals surface area (Å²) < 4.78 is 37.1. The van der Waals surface area contributed by atoms with Crippen molar-refractivity contribution in [2.24, 2.45) is 0 Å². The average Bonchev–Trinajstić information content (AvgIpc) is 3.13. The molecular weight excluding hydrogens is 652 g/mol. The first-order chi connectivity index (χ1) is 24.8. The van der Waals surface area contributed by atoms with Crippen molar-refractivity contribution in [3.05, 3.63) is 108 Å². The molecule has 1 unspecified atom stereocenters. The molecule has 0 saturated carbocycles. The number of rotatable bonds is 18. The van der Waals surface area contributed by atoms with Gasteiger partial charge in [0, 0.05) is 25.7 Å². The molecule has 0 aromatic heterocycles. The number of carbonyl (C=O) groups excluding carboxylic acids is 4. The molecule has 3 aromatic carbocycles. The number of benzene rings is 3. The maximum atomic E-state index is 13.2. The first-order valence-corrected chi connectivity index (χ1v) is 18.0. The zero-order chi connectivity index (χ0) is 36.6. The number of esters is 4. The molecule has 1 fully saturated rings. The van der Waals surface area contributed by atoms with Crippen molar-refractivity contribution >= 4 is 23.9 Å². The smallest absolute Gasteiger partial charge is 0.308 e. The zero-order valence-corrected chi connectivity index (χ0v) is 30.0. The first-order valence-electron chi connectivity index (χ1n) is 18.0. The van der Waals surface area contributed by atoms with Gasteiger partial charge in [0.2, 0.25) is 12.4 Å². The van der Waals surface area contributed by atoms with Crippen molar-refractivity contribution in [2.75, 3.05) is 6.61 Å². The lowest BCUT2D eigenvalue weighted by atomic mass is 9.80. The van der Waals surface area contributed by atoms with Gasteiger partial charge in [-0.05, 0) is 42.4 Å². The summed E-state index contributed by atoms with van der Waals surface area (Å²) in [6.07, 6.45) is -4.46. The van der Waals surface area contributed by atoms with Gasteiger partial charge in [-0.2, -0.15) is 0 Å². The van der Waals surface area contributed by atoms with E-state index in [1.807, 2.05) is 119 Å². The molecular formula is C41H50O10. The normalized spacial score (nSPS) is 20.2. The lowest BCUT2D eigenvalue weighted by molar-refractivity contribution is -0.304. The van der Waals surface area contributed by atoms with E-state index in [1.54, 1.807) is 0 Å². The van der Waals surface area contributed by atoms with Crippen LogP contribution in [0.4, 0.5) is 0 Å². The van der Waals surface area contributed by atoms with Crippen LogP contribution in [0.1, 0.15) is 95.8 Å². The van der Waals surface area contributed by atoms with Gasteiger partial charge in [0.25, 0.3) is 0 Å². The Morgan fingerprint density at radius 1 is 0.510 bits per heavy atom. The van der Waals surface area contributed by atoms with Crippen LogP contribution in [0.25, 0.3) is 0 Å². The van der Waals surface area contributed by atoms with Crippen molar-refractivity contribution in [2.45, 2.75) is 115 Å². The number of carbonyl (C=O) groups is 4. The average molecular weight is 703 g/mol. The van der Waals surface area contributed by atoms with Crippen molar-refractivity contribution in [3.8, 4) is 0 Å². The third-order valence-electron chi connectivity index (χ3n) is 8.46. The number of hydrogen-bond donors (Lipinski definition) is 0. The Balaban J connectivity index is 1.86. The summed E-state index contributed by atoms with van der Waals surface area (Å²) in [4.78, 5) is 52.3. The Morgan fingerprint density at radius 2 is 0.863 bits per heavy atom. The molecule has 1 heterocycles. The van der Waals surface area contributed by atoms with E-state index in [1.165, 1.54) is 0 Å². The van der Waals surface area contributed by atoms with Crippen LogP contribution in [0.5, 0.6) is 0 Å².